The Kier molecular flexibility index (Phi) is 4.50. The minimum atomic E-state index is -0.829. The van der Waals surface area contributed by atoms with Gasteiger partial charge in [0.15, 0.2) is 0 Å². The number of rotatable bonds is 5. The van der Waals surface area contributed by atoms with E-state index >= 15 is 0 Å². The van der Waals surface area contributed by atoms with E-state index in [-0.39, 0.29) is 0 Å². The van der Waals surface area contributed by atoms with Gasteiger partial charge in [-0.05, 0) is 24.9 Å². The van der Waals surface area contributed by atoms with Crippen LogP contribution in [0.25, 0.3) is 0 Å². The Morgan fingerprint density at radius 3 is 2.31 bits per heavy atom. The summed E-state index contributed by atoms with van der Waals surface area (Å²) in [6, 6.07) is 6.98. The fourth-order valence-electron chi connectivity index (χ4n) is 1.46. The van der Waals surface area contributed by atoms with E-state index in [9.17, 15) is 4.79 Å². The summed E-state index contributed by atoms with van der Waals surface area (Å²) in [5, 5.41) is 12.2. The van der Waals surface area contributed by atoms with Gasteiger partial charge in [0, 0.05) is 0 Å². The average Bonchev–Trinajstić information content (AvgIpc) is 2.20. The highest BCUT2D eigenvalue weighted by molar-refractivity contribution is 5.75. The molecule has 0 aliphatic rings. The second kappa shape index (κ2) is 5.66. The summed E-state index contributed by atoms with van der Waals surface area (Å²) in [6.07, 6.45) is 0. The maximum Gasteiger partial charge on any atom is 0.325 e. The minimum Gasteiger partial charge on any atom is -0.480 e. The third kappa shape index (κ3) is 3.66. The van der Waals surface area contributed by atoms with Gasteiger partial charge in [-0.15, -0.1) is 0 Å². The van der Waals surface area contributed by atoms with Crippen molar-refractivity contribution in [2.24, 2.45) is 5.92 Å². The number of carbonyl (C=O) groups is 1. The summed E-state index contributed by atoms with van der Waals surface area (Å²) in [7, 11) is 0. The summed E-state index contributed by atoms with van der Waals surface area (Å²) in [4.78, 5) is 11.1. The standard InChI is InChI=1S/C13H19NO2/c1-9(2)8-14-12(13(15)16)11-6-4-10(3)5-7-11/h4-7,9,12,14H,8H2,1-3H3,(H,15,16). The highest BCUT2D eigenvalue weighted by Gasteiger charge is 2.18. The van der Waals surface area contributed by atoms with E-state index < -0.39 is 12.0 Å². The van der Waals surface area contributed by atoms with Gasteiger partial charge in [0.2, 0.25) is 0 Å². The van der Waals surface area contributed by atoms with Crippen LogP contribution in [0.5, 0.6) is 0 Å². The molecule has 1 atom stereocenters. The van der Waals surface area contributed by atoms with Gasteiger partial charge >= 0.3 is 5.97 Å². The molecule has 0 amide bonds. The van der Waals surface area contributed by atoms with Crippen molar-refractivity contribution in [2.45, 2.75) is 26.8 Å². The van der Waals surface area contributed by atoms with Crippen LogP contribution in [0.3, 0.4) is 0 Å². The fourth-order valence-corrected chi connectivity index (χ4v) is 1.46. The maximum absolute atomic E-state index is 11.1. The van der Waals surface area contributed by atoms with E-state index in [4.69, 9.17) is 5.11 Å². The van der Waals surface area contributed by atoms with Crippen LogP contribution in [-0.4, -0.2) is 17.6 Å². The predicted molar refractivity (Wildman–Crippen MR) is 64.4 cm³/mol. The van der Waals surface area contributed by atoms with Crippen molar-refractivity contribution in [1.29, 1.82) is 0 Å². The van der Waals surface area contributed by atoms with E-state index in [1.165, 1.54) is 0 Å². The van der Waals surface area contributed by atoms with Gasteiger partial charge in [-0.25, -0.2) is 0 Å². The van der Waals surface area contributed by atoms with Gasteiger partial charge in [-0.1, -0.05) is 43.7 Å². The van der Waals surface area contributed by atoms with Crippen LogP contribution in [0.4, 0.5) is 0 Å². The minimum absolute atomic E-state index is 0.437. The molecule has 0 heterocycles. The summed E-state index contributed by atoms with van der Waals surface area (Å²) >= 11 is 0. The first-order valence-electron chi connectivity index (χ1n) is 5.53. The predicted octanol–water partition coefficient (Wildman–Crippen LogP) is 2.37. The van der Waals surface area contributed by atoms with Crippen molar-refractivity contribution >= 4 is 5.97 Å². The van der Waals surface area contributed by atoms with Crippen LogP contribution in [0.1, 0.15) is 31.0 Å². The SMILES string of the molecule is Cc1ccc(C(NCC(C)C)C(=O)O)cc1. The van der Waals surface area contributed by atoms with Crippen molar-refractivity contribution in [3.05, 3.63) is 35.4 Å². The Bertz CT molecular complexity index is 343. The molecule has 0 aliphatic carbocycles. The van der Waals surface area contributed by atoms with Gasteiger partial charge < -0.3 is 10.4 Å². The summed E-state index contributed by atoms with van der Waals surface area (Å²) in [5.74, 6) is -0.392. The molecule has 0 saturated heterocycles. The molecule has 1 aromatic rings. The normalized spacial score (nSPS) is 12.8. The topological polar surface area (TPSA) is 49.3 Å². The zero-order chi connectivity index (χ0) is 12.1. The van der Waals surface area contributed by atoms with Crippen molar-refractivity contribution in [1.82, 2.24) is 5.32 Å². The van der Waals surface area contributed by atoms with Crippen LogP contribution in [0.15, 0.2) is 24.3 Å². The first-order valence-corrected chi connectivity index (χ1v) is 5.53. The number of aliphatic carboxylic acids is 1. The lowest BCUT2D eigenvalue weighted by Gasteiger charge is -2.16. The molecule has 1 aromatic carbocycles. The number of hydrogen-bond acceptors (Lipinski definition) is 2. The molecule has 0 fully saturated rings. The van der Waals surface area contributed by atoms with Crippen LogP contribution in [0, 0.1) is 12.8 Å². The van der Waals surface area contributed by atoms with Crippen molar-refractivity contribution in [3.8, 4) is 0 Å². The van der Waals surface area contributed by atoms with Gasteiger partial charge in [-0.3, -0.25) is 4.79 Å². The molecule has 0 bridgehead atoms. The van der Waals surface area contributed by atoms with E-state index in [0.717, 1.165) is 11.1 Å². The molecule has 0 aliphatic heterocycles. The molecule has 88 valence electrons. The smallest absolute Gasteiger partial charge is 0.325 e. The van der Waals surface area contributed by atoms with Gasteiger partial charge in [0.05, 0.1) is 0 Å². The largest absolute Gasteiger partial charge is 0.480 e. The summed E-state index contributed by atoms with van der Waals surface area (Å²) < 4.78 is 0. The van der Waals surface area contributed by atoms with E-state index in [0.29, 0.717) is 12.5 Å². The Hall–Kier alpha value is -1.35. The van der Waals surface area contributed by atoms with E-state index in [2.05, 4.69) is 19.2 Å². The monoisotopic (exact) mass is 221 g/mol. The Morgan fingerprint density at radius 1 is 1.31 bits per heavy atom. The lowest BCUT2D eigenvalue weighted by Crippen LogP contribution is -2.31. The highest BCUT2D eigenvalue weighted by atomic mass is 16.4. The molecule has 1 rings (SSSR count). The number of aryl methyl sites for hydroxylation is 1. The van der Waals surface area contributed by atoms with Gasteiger partial charge in [-0.2, -0.15) is 0 Å². The van der Waals surface area contributed by atoms with Crippen LogP contribution < -0.4 is 5.32 Å². The number of hydrogen-bond donors (Lipinski definition) is 2. The summed E-state index contributed by atoms with van der Waals surface area (Å²) in [5.41, 5.74) is 1.94. The van der Waals surface area contributed by atoms with Crippen LogP contribution >= 0.6 is 0 Å². The zero-order valence-corrected chi connectivity index (χ0v) is 10.0. The van der Waals surface area contributed by atoms with Crippen LogP contribution in [-0.2, 0) is 4.79 Å². The summed E-state index contributed by atoms with van der Waals surface area (Å²) in [6.45, 7) is 6.80. The molecule has 0 saturated carbocycles. The fraction of sp³-hybridized carbons (Fsp3) is 0.462. The molecule has 3 heteroatoms. The molecule has 0 spiro atoms. The Balaban J connectivity index is 2.77. The van der Waals surface area contributed by atoms with E-state index in [1.54, 1.807) is 0 Å². The van der Waals surface area contributed by atoms with Crippen molar-refractivity contribution in [3.63, 3.8) is 0 Å². The second-order valence-electron chi connectivity index (χ2n) is 4.48. The third-order valence-corrected chi connectivity index (χ3v) is 2.39. The first-order chi connectivity index (χ1) is 7.50. The van der Waals surface area contributed by atoms with Crippen LogP contribution in [0.2, 0.25) is 0 Å². The average molecular weight is 221 g/mol. The highest BCUT2D eigenvalue weighted by Crippen LogP contribution is 2.14. The number of nitrogens with one attached hydrogen (secondary N) is 1. The molecule has 0 aromatic heterocycles. The molecule has 1 unspecified atom stereocenters. The first kappa shape index (κ1) is 12.7. The zero-order valence-electron chi connectivity index (χ0n) is 10.0. The molecular weight excluding hydrogens is 202 g/mol. The number of carboxylic acids is 1. The Labute approximate surface area is 96.5 Å². The number of carboxylic acid groups (broad SMARTS) is 1. The van der Waals surface area contributed by atoms with E-state index in [1.807, 2.05) is 31.2 Å². The number of benzene rings is 1. The van der Waals surface area contributed by atoms with Gasteiger partial charge in [0.1, 0.15) is 6.04 Å². The Morgan fingerprint density at radius 2 is 1.88 bits per heavy atom. The molecular formula is C13H19NO2. The van der Waals surface area contributed by atoms with Gasteiger partial charge in [0.25, 0.3) is 0 Å². The lowest BCUT2D eigenvalue weighted by molar-refractivity contribution is -0.139. The third-order valence-electron chi connectivity index (χ3n) is 2.39. The lowest BCUT2D eigenvalue weighted by atomic mass is 10.0. The molecule has 0 radical (unpaired) electrons. The van der Waals surface area contributed by atoms with Crippen molar-refractivity contribution < 1.29 is 9.90 Å². The molecule has 16 heavy (non-hydrogen) atoms. The molecule has 2 N–H and O–H groups in total. The maximum atomic E-state index is 11.1. The quantitative estimate of drug-likeness (QED) is 0.802. The second-order valence-corrected chi connectivity index (χ2v) is 4.48. The van der Waals surface area contributed by atoms with Crippen molar-refractivity contribution in [2.75, 3.05) is 6.54 Å². The molecule has 3 nitrogen and oxygen atoms in total.